The summed E-state index contributed by atoms with van der Waals surface area (Å²) in [4.78, 5) is 20.5. The molecule has 0 spiro atoms. The van der Waals surface area contributed by atoms with Crippen molar-refractivity contribution in [2.45, 2.75) is 18.7 Å². The molecule has 35 heavy (non-hydrogen) atoms. The molecule has 0 saturated heterocycles. The van der Waals surface area contributed by atoms with Gasteiger partial charge in [-0.1, -0.05) is 37.6 Å². The molecular formula is C23H27ClN6O4S. The summed E-state index contributed by atoms with van der Waals surface area (Å²) >= 11 is 6.30. The van der Waals surface area contributed by atoms with Gasteiger partial charge in [0, 0.05) is 19.2 Å². The van der Waals surface area contributed by atoms with Gasteiger partial charge in [-0.2, -0.15) is 4.98 Å². The first-order chi connectivity index (χ1) is 16.6. The highest BCUT2D eigenvalue weighted by molar-refractivity contribution is 7.89. The minimum Gasteiger partial charge on any atom is -0.495 e. The Morgan fingerprint density at radius 2 is 1.86 bits per heavy atom. The van der Waals surface area contributed by atoms with Crippen LogP contribution in [0.5, 0.6) is 5.75 Å². The van der Waals surface area contributed by atoms with Crippen molar-refractivity contribution in [3.63, 3.8) is 0 Å². The Labute approximate surface area is 209 Å². The molecule has 3 rings (SSSR count). The number of halogens is 1. The Kier molecular flexibility index (Phi) is 8.49. The molecule has 0 aliphatic carbocycles. The minimum atomic E-state index is -3.76. The molecule has 1 heterocycles. The van der Waals surface area contributed by atoms with Crippen LogP contribution in [-0.4, -0.2) is 45.0 Å². The summed E-state index contributed by atoms with van der Waals surface area (Å²) in [5.41, 5.74) is 1.26. The number of nitrogens with zero attached hydrogens (tertiary/aromatic N) is 2. The molecule has 0 aliphatic rings. The third-order valence-corrected chi connectivity index (χ3v) is 6.55. The van der Waals surface area contributed by atoms with E-state index >= 15 is 0 Å². The molecule has 3 aromatic rings. The number of rotatable bonds is 10. The van der Waals surface area contributed by atoms with Crippen molar-refractivity contribution < 1.29 is 17.9 Å². The maximum Gasteiger partial charge on any atom is 0.251 e. The molecule has 0 atom stereocenters. The Balaban J connectivity index is 1.89. The van der Waals surface area contributed by atoms with E-state index in [2.05, 4.69) is 30.6 Å². The molecule has 2 aromatic carbocycles. The predicted molar refractivity (Wildman–Crippen MR) is 136 cm³/mol. The number of hydrogen-bond donors (Lipinski definition) is 4. The summed E-state index contributed by atoms with van der Waals surface area (Å²) in [6.45, 7) is 4.14. The van der Waals surface area contributed by atoms with E-state index in [-0.39, 0.29) is 33.5 Å². The molecule has 0 fully saturated rings. The van der Waals surface area contributed by atoms with Crippen LogP contribution in [0.4, 0.5) is 23.1 Å². The summed E-state index contributed by atoms with van der Waals surface area (Å²) in [7, 11) is -0.741. The van der Waals surface area contributed by atoms with E-state index in [1.54, 1.807) is 43.4 Å². The standard InChI is InChI=1S/C23H27ClN6O4S/c1-14(2)12-27-35(32,33)20-8-6-5-7-18(20)28-21-16(24)13-26-23(30-21)29-17-10-9-15(22(31)25-3)11-19(17)34-4/h5-11,13-14,27H,12H2,1-4H3,(H,25,31)(H2,26,28,29,30). The highest BCUT2D eigenvalue weighted by Gasteiger charge is 2.20. The predicted octanol–water partition coefficient (Wildman–Crippen LogP) is 3.92. The molecule has 4 N–H and O–H groups in total. The second kappa shape index (κ2) is 11.3. The van der Waals surface area contributed by atoms with E-state index in [0.29, 0.717) is 29.2 Å². The average Bonchev–Trinajstić information content (AvgIpc) is 2.85. The number of anilines is 4. The summed E-state index contributed by atoms with van der Waals surface area (Å²) in [5.74, 6) is 0.697. The van der Waals surface area contributed by atoms with Gasteiger partial charge in [0.25, 0.3) is 5.91 Å². The van der Waals surface area contributed by atoms with Crippen molar-refractivity contribution in [1.82, 2.24) is 20.0 Å². The third kappa shape index (κ3) is 6.59. The summed E-state index contributed by atoms with van der Waals surface area (Å²) in [5, 5.41) is 8.78. The monoisotopic (exact) mass is 518 g/mol. The molecule has 186 valence electrons. The zero-order valence-electron chi connectivity index (χ0n) is 19.7. The fourth-order valence-electron chi connectivity index (χ4n) is 3.00. The number of methoxy groups -OCH3 is 1. The van der Waals surface area contributed by atoms with Crippen LogP contribution in [0.25, 0.3) is 0 Å². The van der Waals surface area contributed by atoms with Gasteiger partial charge in [0.15, 0.2) is 5.82 Å². The third-order valence-electron chi connectivity index (χ3n) is 4.79. The van der Waals surface area contributed by atoms with Crippen molar-refractivity contribution >= 4 is 50.7 Å². The van der Waals surface area contributed by atoms with E-state index in [1.807, 2.05) is 13.8 Å². The topological polar surface area (TPSA) is 134 Å². The number of sulfonamides is 1. The van der Waals surface area contributed by atoms with Crippen LogP contribution in [0.3, 0.4) is 0 Å². The van der Waals surface area contributed by atoms with E-state index < -0.39 is 10.0 Å². The van der Waals surface area contributed by atoms with Gasteiger partial charge in [-0.25, -0.2) is 18.1 Å². The van der Waals surface area contributed by atoms with Crippen LogP contribution < -0.4 is 25.4 Å². The number of benzene rings is 2. The lowest BCUT2D eigenvalue weighted by atomic mass is 10.1. The first kappa shape index (κ1) is 26.2. The quantitative estimate of drug-likeness (QED) is 0.317. The molecule has 0 unspecified atom stereocenters. The number of carbonyl (C=O) groups is 1. The summed E-state index contributed by atoms with van der Waals surface area (Å²) in [6.07, 6.45) is 1.39. The van der Waals surface area contributed by atoms with Crippen molar-refractivity contribution in [2.24, 2.45) is 5.92 Å². The van der Waals surface area contributed by atoms with Crippen LogP contribution in [0.15, 0.2) is 53.6 Å². The zero-order chi connectivity index (χ0) is 25.6. The smallest absolute Gasteiger partial charge is 0.251 e. The Hall–Kier alpha value is -3.41. The number of para-hydroxylation sites is 1. The van der Waals surface area contributed by atoms with Crippen LogP contribution >= 0.6 is 11.6 Å². The fourth-order valence-corrected chi connectivity index (χ4v) is 4.51. The van der Waals surface area contributed by atoms with Crippen LogP contribution in [0, 0.1) is 5.92 Å². The molecular weight excluding hydrogens is 492 g/mol. The van der Waals surface area contributed by atoms with Crippen molar-refractivity contribution in [3.05, 3.63) is 59.2 Å². The Bertz CT molecular complexity index is 1320. The lowest BCUT2D eigenvalue weighted by Gasteiger charge is -2.15. The van der Waals surface area contributed by atoms with Crippen LogP contribution in [-0.2, 0) is 10.0 Å². The molecule has 10 nitrogen and oxygen atoms in total. The van der Waals surface area contributed by atoms with E-state index in [1.165, 1.54) is 19.4 Å². The maximum absolute atomic E-state index is 12.8. The SMILES string of the molecule is CNC(=O)c1ccc(Nc2ncc(Cl)c(Nc3ccccc3S(=O)(=O)NCC(C)C)n2)c(OC)c1. The lowest BCUT2D eigenvalue weighted by Crippen LogP contribution is -2.28. The number of ether oxygens (including phenoxy) is 1. The van der Waals surface area contributed by atoms with Crippen molar-refractivity contribution in [1.29, 1.82) is 0 Å². The highest BCUT2D eigenvalue weighted by atomic mass is 35.5. The first-order valence-electron chi connectivity index (χ1n) is 10.7. The molecule has 1 aromatic heterocycles. The van der Waals surface area contributed by atoms with Gasteiger partial charge in [-0.15, -0.1) is 0 Å². The van der Waals surface area contributed by atoms with E-state index in [9.17, 15) is 13.2 Å². The minimum absolute atomic E-state index is 0.0660. The van der Waals surface area contributed by atoms with Crippen LogP contribution in [0.1, 0.15) is 24.2 Å². The Morgan fingerprint density at radius 1 is 1.11 bits per heavy atom. The number of aromatic nitrogens is 2. The van der Waals surface area contributed by atoms with Gasteiger partial charge >= 0.3 is 0 Å². The molecule has 0 bridgehead atoms. The van der Waals surface area contributed by atoms with Gasteiger partial charge in [0.1, 0.15) is 15.7 Å². The molecule has 0 radical (unpaired) electrons. The van der Waals surface area contributed by atoms with Gasteiger partial charge in [0.05, 0.1) is 24.7 Å². The van der Waals surface area contributed by atoms with Gasteiger partial charge in [-0.3, -0.25) is 4.79 Å². The van der Waals surface area contributed by atoms with Gasteiger partial charge < -0.3 is 20.7 Å². The molecule has 0 aliphatic heterocycles. The van der Waals surface area contributed by atoms with Gasteiger partial charge in [0.2, 0.25) is 16.0 Å². The number of amides is 1. The van der Waals surface area contributed by atoms with Crippen LogP contribution in [0.2, 0.25) is 5.02 Å². The number of carbonyl (C=O) groups excluding carboxylic acids is 1. The molecule has 12 heteroatoms. The van der Waals surface area contributed by atoms with Crippen molar-refractivity contribution in [3.8, 4) is 5.75 Å². The number of nitrogens with one attached hydrogen (secondary N) is 4. The van der Waals surface area contributed by atoms with Crippen molar-refractivity contribution in [2.75, 3.05) is 31.3 Å². The number of hydrogen-bond acceptors (Lipinski definition) is 8. The maximum atomic E-state index is 12.8. The second-order valence-electron chi connectivity index (χ2n) is 7.88. The first-order valence-corrected chi connectivity index (χ1v) is 12.6. The van der Waals surface area contributed by atoms with Gasteiger partial charge in [-0.05, 0) is 36.2 Å². The zero-order valence-corrected chi connectivity index (χ0v) is 21.3. The average molecular weight is 519 g/mol. The largest absolute Gasteiger partial charge is 0.495 e. The van der Waals surface area contributed by atoms with E-state index in [0.717, 1.165) is 0 Å². The lowest BCUT2D eigenvalue weighted by molar-refractivity contribution is 0.0962. The Morgan fingerprint density at radius 3 is 2.54 bits per heavy atom. The highest BCUT2D eigenvalue weighted by Crippen LogP contribution is 2.31. The summed E-state index contributed by atoms with van der Waals surface area (Å²) < 4.78 is 33.7. The fraction of sp³-hybridized carbons (Fsp3) is 0.261. The molecule has 0 saturated carbocycles. The summed E-state index contributed by atoms with van der Waals surface area (Å²) in [6, 6.07) is 11.3. The molecule has 1 amide bonds. The van der Waals surface area contributed by atoms with E-state index in [4.69, 9.17) is 16.3 Å². The second-order valence-corrected chi connectivity index (χ2v) is 10.0. The normalized spacial score (nSPS) is 11.3.